The smallest absolute Gasteiger partial charge is 0.373 e. The molecule has 56 valence electrons. The van der Waals surface area contributed by atoms with Crippen molar-refractivity contribution in [2.24, 2.45) is 0 Å². The van der Waals surface area contributed by atoms with E-state index in [1.165, 1.54) is 6.92 Å². The molecule has 1 atom stereocenters. The van der Waals surface area contributed by atoms with Gasteiger partial charge in [0.2, 0.25) is 5.76 Å². The van der Waals surface area contributed by atoms with Crippen LogP contribution < -0.4 is 5.48 Å². The molecule has 0 aromatic heterocycles. The van der Waals surface area contributed by atoms with Gasteiger partial charge >= 0.3 is 5.97 Å². The zero-order valence-electron chi connectivity index (χ0n) is 5.29. The largest absolute Gasteiger partial charge is 0.475 e. The van der Waals surface area contributed by atoms with Crippen LogP contribution in [0.5, 0.6) is 0 Å². The van der Waals surface area contributed by atoms with Gasteiger partial charge in [0.25, 0.3) is 0 Å². The average molecular weight is 145 g/mol. The molecule has 0 aliphatic carbocycles. The number of carboxylic acid groups (broad SMARTS) is 1. The standard InChI is InChI=1S/C5H7NO4/c1-5(9)2-3(4(7)8)10-6-5/h2,6,9H,1H3,(H,7,8). The lowest BCUT2D eigenvalue weighted by atomic mass is 10.2. The molecular weight excluding hydrogens is 138 g/mol. The third kappa shape index (κ3) is 1.26. The number of hydrogen-bond acceptors (Lipinski definition) is 4. The first-order chi connectivity index (χ1) is 4.51. The van der Waals surface area contributed by atoms with E-state index in [0.29, 0.717) is 0 Å². The van der Waals surface area contributed by atoms with Gasteiger partial charge in [-0.15, -0.1) is 5.48 Å². The van der Waals surface area contributed by atoms with Crippen LogP contribution in [0.4, 0.5) is 0 Å². The van der Waals surface area contributed by atoms with E-state index < -0.39 is 11.7 Å². The second-order valence-corrected chi connectivity index (χ2v) is 2.17. The molecule has 0 spiro atoms. The van der Waals surface area contributed by atoms with Crippen LogP contribution in [-0.4, -0.2) is 21.9 Å². The van der Waals surface area contributed by atoms with Crippen molar-refractivity contribution in [2.75, 3.05) is 0 Å². The minimum atomic E-state index is -1.37. The van der Waals surface area contributed by atoms with Gasteiger partial charge in [0.05, 0.1) is 0 Å². The van der Waals surface area contributed by atoms with E-state index in [9.17, 15) is 4.79 Å². The predicted molar refractivity (Wildman–Crippen MR) is 30.6 cm³/mol. The van der Waals surface area contributed by atoms with Crippen molar-refractivity contribution in [3.8, 4) is 0 Å². The molecule has 1 unspecified atom stereocenters. The lowest BCUT2D eigenvalue weighted by molar-refractivity contribution is -0.138. The summed E-state index contributed by atoms with van der Waals surface area (Å²) in [4.78, 5) is 14.5. The average Bonchev–Trinajstić information content (AvgIpc) is 2.10. The Hall–Kier alpha value is -1.07. The van der Waals surface area contributed by atoms with Crippen molar-refractivity contribution in [3.63, 3.8) is 0 Å². The Labute approximate surface area is 56.9 Å². The van der Waals surface area contributed by atoms with Gasteiger partial charge in [-0.2, -0.15) is 0 Å². The quantitative estimate of drug-likeness (QED) is 0.450. The Balaban J connectivity index is 2.76. The van der Waals surface area contributed by atoms with Gasteiger partial charge in [-0.05, 0) is 6.92 Å². The van der Waals surface area contributed by atoms with Crippen LogP contribution in [0.1, 0.15) is 6.92 Å². The molecule has 0 fully saturated rings. The van der Waals surface area contributed by atoms with Crippen LogP contribution in [0.2, 0.25) is 0 Å². The van der Waals surface area contributed by atoms with Gasteiger partial charge in [-0.25, -0.2) is 4.79 Å². The minimum absolute atomic E-state index is 0.287. The Morgan fingerprint density at radius 3 is 2.70 bits per heavy atom. The topological polar surface area (TPSA) is 78.8 Å². The maximum atomic E-state index is 10.1. The van der Waals surface area contributed by atoms with E-state index >= 15 is 0 Å². The number of aliphatic carboxylic acids is 1. The molecule has 5 nitrogen and oxygen atoms in total. The van der Waals surface area contributed by atoms with Crippen LogP contribution in [0.15, 0.2) is 11.8 Å². The number of hydrogen-bond donors (Lipinski definition) is 3. The molecule has 0 radical (unpaired) electrons. The monoisotopic (exact) mass is 145 g/mol. The van der Waals surface area contributed by atoms with Crippen LogP contribution >= 0.6 is 0 Å². The summed E-state index contributed by atoms with van der Waals surface area (Å²) in [7, 11) is 0. The van der Waals surface area contributed by atoms with Crippen molar-refractivity contribution in [1.82, 2.24) is 5.48 Å². The fourth-order valence-corrected chi connectivity index (χ4v) is 0.578. The molecule has 1 aliphatic heterocycles. The number of carboxylic acids is 1. The molecule has 0 aromatic carbocycles. The van der Waals surface area contributed by atoms with Gasteiger partial charge in [0.15, 0.2) is 5.72 Å². The van der Waals surface area contributed by atoms with Crippen LogP contribution in [0.25, 0.3) is 0 Å². The lowest BCUT2D eigenvalue weighted by Crippen LogP contribution is -2.34. The predicted octanol–water partition coefficient (Wildman–Crippen LogP) is -0.802. The Morgan fingerprint density at radius 2 is 2.50 bits per heavy atom. The maximum absolute atomic E-state index is 10.1. The summed E-state index contributed by atoms with van der Waals surface area (Å²) in [6, 6.07) is 0. The summed E-state index contributed by atoms with van der Waals surface area (Å²) in [5.74, 6) is -1.49. The summed E-state index contributed by atoms with van der Waals surface area (Å²) in [6.45, 7) is 1.38. The highest BCUT2D eigenvalue weighted by Crippen LogP contribution is 2.13. The summed E-state index contributed by atoms with van der Waals surface area (Å²) in [5.41, 5.74) is 0.742. The molecule has 1 aliphatic rings. The van der Waals surface area contributed by atoms with E-state index in [0.717, 1.165) is 6.08 Å². The molecule has 0 saturated heterocycles. The molecule has 10 heavy (non-hydrogen) atoms. The van der Waals surface area contributed by atoms with E-state index in [1.54, 1.807) is 0 Å². The molecule has 5 heteroatoms. The fraction of sp³-hybridized carbons (Fsp3) is 0.400. The second kappa shape index (κ2) is 1.96. The number of nitrogens with one attached hydrogen (secondary N) is 1. The Kier molecular flexibility index (Phi) is 1.38. The normalized spacial score (nSPS) is 31.2. The van der Waals surface area contributed by atoms with Gasteiger partial charge in [0, 0.05) is 6.08 Å². The highest BCUT2D eigenvalue weighted by atomic mass is 16.7. The fourth-order valence-electron chi connectivity index (χ4n) is 0.578. The molecule has 0 bridgehead atoms. The summed E-state index contributed by atoms with van der Waals surface area (Å²) >= 11 is 0. The molecule has 0 amide bonds. The number of hydroxylamine groups is 1. The molecule has 1 rings (SSSR count). The third-order valence-electron chi connectivity index (χ3n) is 0.991. The molecular formula is C5H7NO4. The van der Waals surface area contributed by atoms with Gasteiger partial charge < -0.3 is 15.1 Å². The summed E-state index contributed by atoms with van der Waals surface area (Å²) in [6.07, 6.45) is 1.08. The zero-order valence-corrected chi connectivity index (χ0v) is 5.29. The summed E-state index contributed by atoms with van der Waals surface area (Å²) in [5, 5.41) is 17.3. The Bertz CT molecular complexity index is 196. The maximum Gasteiger partial charge on any atom is 0.373 e. The van der Waals surface area contributed by atoms with Gasteiger partial charge in [0.1, 0.15) is 0 Å². The molecule has 1 heterocycles. The van der Waals surface area contributed by atoms with Crippen molar-refractivity contribution in [3.05, 3.63) is 11.8 Å². The van der Waals surface area contributed by atoms with Crippen molar-refractivity contribution in [2.45, 2.75) is 12.6 Å². The van der Waals surface area contributed by atoms with E-state index in [2.05, 4.69) is 10.3 Å². The first-order valence-electron chi connectivity index (χ1n) is 2.64. The number of rotatable bonds is 1. The first-order valence-corrected chi connectivity index (χ1v) is 2.64. The number of carbonyl (C=O) groups is 1. The molecule has 0 saturated carbocycles. The van der Waals surface area contributed by atoms with E-state index in [1.807, 2.05) is 0 Å². The molecule has 3 N–H and O–H groups in total. The van der Waals surface area contributed by atoms with Gasteiger partial charge in [-0.3, -0.25) is 0 Å². The number of aliphatic hydroxyl groups is 1. The SMILES string of the molecule is CC1(O)C=C(C(=O)O)ON1. The lowest BCUT2D eigenvalue weighted by Gasteiger charge is -2.10. The highest BCUT2D eigenvalue weighted by Gasteiger charge is 2.29. The Morgan fingerprint density at radius 1 is 1.90 bits per heavy atom. The van der Waals surface area contributed by atoms with Crippen molar-refractivity contribution >= 4 is 5.97 Å². The first kappa shape index (κ1) is 7.04. The van der Waals surface area contributed by atoms with Crippen molar-refractivity contribution < 1.29 is 19.8 Å². The van der Waals surface area contributed by atoms with Crippen molar-refractivity contribution in [1.29, 1.82) is 0 Å². The second-order valence-electron chi connectivity index (χ2n) is 2.17. The molecule has 0 aromatic rings. The zero-order chi connectivity index (χ0) is 7.78. The minimum Gasteiger partial charge on any atom is -0.475 e. The van der Waals surface area contributed by atoms with Crippen LogP contribution in [0.3, 0.4) is 0 Å². The van der Waals surface area contributed by atoms with E-state index in [-0.39, 0.29) is 5.76 Å². The van der Waals surface area contributed by atoms with Crippen LogP contribution in [-0.2, 0) is 9.63 Å². The van der Waals surface area contributed by atoms with E-state index in [4.69, 9.17) is 10.2 Å². The third-order valence-corrected chi connectivity index (χ3v) is 0.991. The highest BCUT2D eigenvalue weighted by molar-refractivity contribution is 5.84. The van der Waals surface area contributed by atoms with Crippen LogP contribution in [0, 0.1) is 0 Å². The van der Waals surface area contributed by atoms with Gasteiger partial charge in [-0.1, -0.05) is 0 Å². The summed E-state index contributed by atoms with van der Waals surface area (Å²) < 4.78 is 0.